The molecule has 1 atom stereocenters. The van der Waals surface area contributed by atoms with E-state index in [1.54, 1.807) is 41.6 Å². The van der Waals surface area contributed by atoms with E-state index in [0.29, 0.717) is 34.9 Å². The maximum Gasteiger partial charge on any atom is 0.573 e. The molecule has 0 radical (unpaired) electrons. The third-order valence-electron chi connectivity index (χ3n) is 6.63. The van der Waals surface area contributed by atoms with Gasteiger partial charge in [0.05, 0.1) is 11.6 Å². The molecule has 36 heavy (non-hydrogen) atoms. The Morgan fingerprint density at radius 1 is 1.11 bits per heavy atom. The van der Waals surface area contributed by atoms with Crippen LogP contribution in [0.25, 0.3) is 21.7 Å². The SMILES string of the molecule is Nc1nc2ccc(C(=O)N(CC3CC3)C3COc4cc(OC(F)(F)F)ccc43)cc2c2cnccc12. The molecule has 184 valence electrons. The van der Waals surface area contributed by atoms with Gasteiger partial charge in [0.2, 0.25) is 0 Å². The zero-order valence-electron chi connectivity index (χ0n) is 19.0. The van der Waals surface area contributed by atoms with E-state index in [4.69, 9.17) is 10.5 Å². The van der Waals surface area contributed by atoms with Gasteiger partial charge in [0.1, 0.15) is 23.9 Å². The number of hydrogen-bond acceptors (Lipinski definition) is 6. The molecule has 0 bridgehead atoms. The molecule has 1 aliphatic heterocycles. The van der Waals surface area contributed by atoms with Crippen molar-refractivity contribution in [2.24, 2.45) is 5.92 Å². The maximum absolute atomic E-state index is 13.8. The quantitative estimate of drug-likeness (QED) is 0.381. The van der Waals surface area contributed by atoms with Gasteiger partial charge >= 0.3 is 6.36 Å². The second-order valence-corrected chi connectivity index (χ2v) is 9.13. The van der Waals surface area contributed by atoms with Crippen LogP contribution in [-0.2, 0) is 0 Å². The van der Waals surface area contributed by atoms with Gasteiger partial charge in [-0.25, -0.2) is 4.98 Å². The van der Waals surface area contributed by atoms with Gasteiger partial charge in [0.25, 0.3) is 5.91 Å². The molecule has 6 rings (SSSR count). The lowest BCUT2D eigenvalue weighted by atomic mass is 10.0. The van der Waals surface area contributed by atoms with E-state index >= 15 is 0 Å². The molecule has 3 heterocycles. The zero-order chi connectivity index (χ0) is 25.0. The van der Waals surface area contributed by atoms with E-state index in [1.807, 2.05) is 0 Å². The Labute approximate surface area is 203 Å². The van der Waals surface area contributed by atoms with Crippen LogP contribution in [-0.4, -0.2) is 40.3 Å². The highest BCUT2D eigenvalue weighted by atomic mass is 19.4. The minimum Gasteiger partial charge on any atom is -0.491 e. The minimum absolute atomic E-state index is 0.155. The van der Waals surface area contributed by atoms with E-state index in [2.05, 4.69) is 14.7 Å². The second-order valence-electron chi connectivity index (χ2n) is 9.13. The van der Waals surface area contributed by atoms with Crippen molar-refractivity contribution in [2.75, 3.05) is 18.9 Å². The number of alkyl halides is 3. The largest absolute Gasteiger partial charge is 0.573 e. The highest BCUT2D eigenvalue weighted by Crippen LogP contribution is 2.42. The summed E-state index contributed by atoms with van der Waals surface area (Å²) < 4.78 is 47.6. The Bertz CT molecular complexity index is 1500. The van der Waals surface area contributed by atoms with Crippen molar-refractivity contribution < 1.29 is 27.4 Å². The smallest absolute Gasteiger partial charge is 0.491 e. The summed E-state index contributed by atoms with van der Waals surface area (Å²) >= 11 is 0. The van der Waals surface area contributed by atoms with Crippen LogP contribution in [0.3, 0.4) is 0 Å². The van der Waals surface area contributed by atoms with Gasteiger partial charge in [-0.15, -0.1) is 13.2 Å². The van der Waals surface area contributed by atoms with Crippen molar-refractivity contribution in [1.29, 1.82) is 0 Å². The number of nitrogens with zero attached hydrogens (tertiary/aromatic N) is 3. The standard InChI is InChI=1S/C26H21F3N4O3/c27-26(28,29)36-16-4-5-18-22(13-35-23(18)10-16)33(12-14-1-2-14)25(34)15-3-6-21-19(9-15)20-11-31-8-7-17(20)24(30)32-21/h3-11,14,22H,1-2,12-13H2,(H2,30,32). The number of aromatic nitrogens is 2. The number of nitrogen functional groups attached to an aromatic ring is 1. The summed E-state index contributed by atoms with van der Waals surface area (Å²) in [6.07, 6.45) is 0.601. The topological polar surface area (TPSA) is 90.6 Å². The number of anilines is 1. The number of pyridine rings is 2. The molecule has 1 fully saturated rings. The van der Waals surface area contributed by atoms with Crippen LogP contribution in [0.5, 0.6) is 11.5 Å². The van der Waals surface area contributed by atoms with Gasteiger partial charge in [-0.3, -0.25) is 9.78 Å². The molecule has 1 saturated carbocycles. The molecule has 2 aromatic heterocycles. The van der Waals surface area contributed by atoms with Crippen LogP contribution < -0.4 is 15.2 Å². The summed E-state index contributed by atoms with van der Waals surface area (Å²) in [6.45, 7) is 0.690. The van der Waals surface area contributed by atoms with Crippen molar-refractivity contribution >= 4 is 33.4 Å². The zero-order valence-corrected chi connectivity index (χ0v) is 19.0. The first-order valence-corrected chi connectivity index (χ1v) is 11.5. The fourth-order valence-corrected chi connectivity index (χ4v) is 4.73. The van der Waals surface area contributed by atoms with Crippen LogP contribution in [0.15, 0.2) is 54.9 Å². The van der Waals surface area contributed by atoms with Crippen molar-refractivity contribution in [1.82, 2.24) is 14.9 Å². The lowest BCUT2D eigenvalue weighted by molar-refractivity contribution is -0.274. The fourth-order valence-electron chi connectivity index (χ4n) is 4.73. The predicted octanol–water partition coefficient (Wildman–Crippen LogP) is 5.25. The molecule has 2 aliphatic rings. The normalized spacial score (nSPS) is 17.1. The molecule has 1 aliphatic carbocycles. The highest BCUT2D eigenvalue weighted by molar-refractivity contribution is 6.11. The molecule has 2 aromatic carbocycles. The van der Waals surface area contributed by atoms with E-state index in [1.165, 1.54) is 18.2 Å². The monoisotopic (exact) mass is 494 g/mol. The molecule has 10 heteroatoms. The van der Waals surface area contributed by atoms with Crippen molar-refractivity contribution in [3.63, 3.8) is 0 Å². The Morgan fingerprint density at radius 2 is 1.94 bits per heavy atom. The third-order valence-corrected chi connectivity index (χ3v) is 6.63. The lowest BCUT2D eigenvalue weighted by Gasteiger charge is -2.29. The molecule has 1 unspecified atom stereocenters. The lowest BCUT2D eigenvalue weighted by Crippen LogP contribution is -2.37. The molecule has 0 spiro atoms. The number of nitrogens with two attached hydrogens (primary N) is 1. The van der Waals surface area contributed by atoms with Crippen LogP contribution in [0.4, 0.5) is 19.0 Å². The van der Waals surface area contributed by atoms with E-state index in [-0.39, 0.29) is 24.0 Å². The first-order chi connectivity index (χ1) is 17.3. The number of amides is 1. The van der Waals surface area contributed by atoms with Gasteiger partial charge in [0, 0.05) is 52.3 Å². The average molecular weight is 494 g/mol. The number of carbonyl (C=O) groups is 1. The van der Waals surface area contributed by atoms with Gasteiger partial charge < -0.3 is 20.1 Å². The number of benzene rings is 2. The summed E-state index contributed by atoms with van der Waals surface area (Å²) in [5.41, 5.74) is 7.89. The Hall–Kier alpha value is -4.08. The second kappa shape index (κ2) is 8.25. The summed E-state index contributed by atoms with van der Waals surface area (Å²) in [5.74, 6) is 0.518. The van der Waals surface area contributed by atoms with Crippen LogP contribution in [0, 0.1) is 5.92 Å². The van der Waals surface area contributed by atoms with Gasteiger partial charge in [-0.05, 0) is 55.2 Å². The number of hydrogen-bond donors (Lipinski definition) is 1. The number of ether oxygens (including phenoxy) is 2. The maximum atomic E-state index is 13.8. The number of fused-ring (bicyclic) bond motifs is 4. The summed E-state index contributed by atoms with van der Waals surface area (Å²) in [5, 5.41) is 2.32. The first-order valence-electron chi connectivity index (χ1n) is 11.5. The average Bonchev–Trinajstić information content (AvgIpc) is 3.58. The minimum atomic E-state index is -4.80. The summed E-state index contributed by atoms with van der Waals surface area (Å²) in [7, 11) is 0. The van der Waals surface area contributed by atoms with Crippen LogP contribution in [0.2, 0.25) is 0 Å². The molecule has 1 amide bonds. The number of carbonyl (C=O) groups excluding carboxylic acids is 1. The number of rotatable bonds is 5. The first kappa shape index (κ1) is 22.4. The van der Waals surface area contributed by atoms with Gasteiger partial charge in [0.15, 0.2) is 0 Å². The molecule has 2 N–H and O–H groups in total. The van der Waals surface area contributed by atoms with Crippen molar-refractivity contribution in [3.8, 4) is 11.5 Å². The van der Waals surface area contributed by atoms with E-state index < -0.39 is 12.4 Å². The summed E-state index contributed by atoms with van der Waals surface area (Å²) in [6, 6.07) is 10.6. The molecule has 0 saturated heterocycles. The number of halogens is 3. The Kier molecular flexibility index (Phi) is 5.13. The van der Waals surface area contributed by atoms with Gasteiger partial charge in [-0.2, -0.15) is 0 Å². The highest BCUT2D eigenvalue weighted by Gasteiger charge is 2.38. The van der Waals surface area contributed by atoms with E-state index in [0.717, 1.165) is 29.0 Å². The van der Waals surface area contributed by atoms with Crippen molar-refractivity contribution in [2.45, 2.75) is 25.2 Å². The van der Waals surface area contributed by atoms with Gasteiger partial charge in [-0.1, -0.05) is 0 Å². The predicted molar refractivity (Wildman–Crippen MR) is 127 cm³/mol. The Morgan fingerprint density at radius 3 is 2.72 bits per heavy atom. The Balaban J connectivity index is 1.36. The van der Waals surface area contributed by atoms with Crippen LogP contribution in [0.1, 0.15) is 34.8 Å². The molecular formula is C26H21F3N4O3. The van der Waals surface area contributed by atoms with E-state index in [9.17, 15) is 18.0 Å². The fraction of sp³-hybridized carbons (Fsp3) is 0.269. The molecule has 7 nitrogen and oxygen atoms in total. The van der Waals surface area contributed by atoms with Crippen molar-refractivity contribution in [3.05, 3.63) is 66.0 Å². The molecule has 4 aromatic rings. The third kappa shape index (κ3) is 4.12. The van der Waals surface area contributed by atoms with Crippen LogP contribution >= 0.6 is 0 Å². The summed E-state index contributed by atoms with van der Waals surface area (Å²) in [4.78, 5) is 24.3. The molecular weight excluding hydrogens is 473 g/mol.